The summed E-state index contributed by atoms with van der Waals surface area (Å²) >= 11 is 0. The topological polar surface area (TPSA) is 55.2 Å². The molecule has 0 saturated heterocycles. The molecular formula is H2F5KN2O2S. The Balaban J connectivity index is 0. The molecule has 0 heterocycles. The van der Waals surface area contributed by atoms with Crippen molar-refractivity contribution in [2.24, 2.45) is 0 Å². The average Bonchev–Trinajstić information content (AvgIpc) is 1.12. The Labute approximate surface area is 99.9 Å². The Morgan fingerprint density at radius 1 is 1.18 bits per heavy atom. The molecule has 0 aliphatic carbocycles. The van der Waals surface area contributed by atoms with Gasteiger partial charge in [-0.15, -0.1) is 0 Å². The van der Waals surface area contributed by atoms with Gasteiger partial charge in [-0.05, 0) is 0 Å². The van der Waals surface area contributed by atoms with E-state index in [0.717, 1.165) is 0 Å². The van der Waals surface area contributed by atoms with Crippen LogP contribution in [0, 0.1) is 10.1 Å². The third-order valence-corrected chi connectivity index (χ3v) is 0.741. The Morgan fingerprint density at radius 2 is 1.45 bits per heavy atom. The number of halogens is 5. The molecule has 0 atom stereocenters. The van der Waals surface area contributed by atoms with E-state index < -0.39 is 20.3 Å². The molecule has 0 aromatic heterocycles. The number of nitrogens with one attached hydrogen (secondary N) is 1. The normalized spacial score (nSPS) is 17.2. The number of hydrogen-bond acceptors (Lipinski definition) is 2. The average molecular weight is 228 g/mol. The van der Waals surface area contributed by atoms with Gasteiger partial charge in [0.15, 0.2) is 5.03 Å². The first-order valence-electron chi connectivity index (χ1n) is 1.56. The molecule has 0 aromatic rings. The van der Waals surface area contributed by atoms with E-state index in [4.69, 9.17) is 10.1 Å². The van der Waals surface area contributed by atoms with Crippen LogP contribution in [0.4, 0.5) is 19.4 Å². The summed E-state index contributed by atoms with van der Waals surface area (Å²) in [6, 6.07) is 0. The van der Waals surface area contributed by atoms with Crippen LogP contribution in [0.5, 0.6) is 0 Å². The van der Waals surface area contributed by atoms with Crippen molar-refractivity contribution in [2.75, 3.05) is 0 Å². The molecule has 1 N–H and O–H groups in total. The number of nitro groups is 1. The zero-order valence-electron chi connectivity index (χ0n) is 4.06. The van der Waals surface area contributed by atoms with Crippen molar-refractivity contribution in [3.8, 4) is 0 Å². The molecule has 0 aromatic carbocycles. The van der Waals surface area contributed by atoms with Crippen LogP contribution in [0.15, 0.2) is 0 Å². The van der Waals surface area contributed by atoms with Gasteiger partial charge in [0.05, 0.1) is 0 Å². The van der Waals surface area contributed by atoms with E-state index in [1.165, 1.54) is 0 Å². The molecule has 66 valence electrons. The number of hydrazine groups is 1. The zero-order chi connectivity index (χ0) is 8.69. The first-order chi connectivity index (χ1) is 3.89. The van der Waals surface area contributed by atoms with E-state index in [1.807, 2.05) is 0 Å². The fourth-order valence-electron chi connectivity index (χ4n) is 0.141. The Bertz CT molecular complexity index is 170. The molecule has 11 heavy (non-hydrogen) atoms. The molecular weight excluding hydrogens is 226 g/mol. The maximum atomic E-state index is 10.9. The summed E-state index contributed by atoms with van der Waals surface area (Å²) in [6.07, 6.45) is 0. The van der Waals surface area contributed by atoms with Crippen LogP contribution in [-0.2, 0) is 0 Å². The molecule has 0 fully saturated rings. The van der Waals surface area contributed by atoms with Crippen LogP contribution >= 0.6 is 10.4 Å². The van der Waals surface area contributed by atoms with Gasteiger partial charge in [0.25, 0.3) is 0 Å². The predicted octanol–water partition coefficient (Wildman–Crippen LogP) is 1.33. The molecule has 0 spiro atoms. The van der Waals surface area contributed by atoms with E-state index in [9.17, 15) is 19.4 Å². The summed E-state index contributed by atoms with van der Waals surface area (Å²) in [5, 5.41) is 6.60. The van der Waals surface area contributed by atoms with Crippen molar-refractivity contribution in [2.45, 2.75) is 0 Å². The number of hydrogen-bond donors (Lipinski definition) is 1. The third kappa shape index (κ3) is 13.8. The summed E-state index contributed by atoms with van der Waals surface area (Å²) in [7, 11) is -10.1. The van der Waals surface area contributed by atoms with Crippen LogP contribution in [0.1, 0.15) is 0 Å². The van der Waals surface area contributed by atoms with Crippen LogP contribution in [0.3, 0.4) is 0 Å². The van der Waals surface area contributed by atoms with Crippen LogP contribution in [-0.4, -0.2) is 56.4 Å². The second-order valence-electron chi connectivity index (χ2n) is 1.32. The first kappa shape index (κ1) is 14.4. The standard InChI is InChI=1S/F5HN2O2S.K.H/c1-10(2,3,4,5)6-7(8)9;;/h6H;;. The molecule has 0 aliphatic heterocycles. The number of nitrogens with zero attached hydrogens (tertiary/aromatic N) is 1. The van der Waals surface area contributed by atoms with E-state index >= 15 is 0 Å². The van der Waals surface area contributed by atoms with Gasteiger partial charge in [-0.25, -0.2) is 10.1 Å². The van der Waals surface area contributed by atoms with Crippen LogP contribution < -0.4 is 4.83 Å². The minimum absolute atomic E-state index is 0. The first-order valence-corrected chi connectivity index (χ1v) is 3.52. The third-order valence-electron chi connectivity index (χ3n) is 0.247. The predicted molar refractivity (Wildman–Crippen MR) is 30.4 cm³/mol. The Morgan fingerprint density at radius 3 is 1.45 bits per heavy atom. The molecule has 0 radical (unpaired) electrons. The molecule has 0 saturated carbocycles. The molecule has 0 bridgehead atoms. The fourth-order valence-corrected chi connectivity index (χ4v) is 0.423. The van der Waals surface area contributed by atoms with Gasteiger partial charge in [-0.1, -0.05) is 19.4 Å². The van der Waals surface area contributed by atoms with Crippen LogP contribution in [0.2, 0.25) is 0 Å². The molecule has 0 unspecified atom stereocenters. The van der Waals surface area contributed by atoms with E-state index in [-0.39, 0.29) is 51.4 Å². The van der Waals surface area contributed by atoms with Gasteiger partial charge in [0.1, 0.15) is 0 Å². The van der Waals surface area contributed by atoms with Crippen molar-refractivity contribution in [3.05, 3.63) is 10.1 Å². The summed E-state index contributed by atoms with van der Waals surface area (Å²) in [6.45, 7) is 0. The zero-order valence-corrected chi connectivity index (χ0v) is 4.88. The van der Waals surface area contributed by atoms with Crippen LogP contribution in [0.25, 0.3) is 0 Å². The monoisotopic (exact) mass is 228 g/mol. The summed E-state index contributed by atoms with van der Waals surface area (Å²) in [5.74, 6) is 0. The van der Waals surface area contributed by atoms with Crippen molar-refractivity contribution in [1.29, 1.82) is 0 Å². The second kappa shape index (κ2) is 2.66. The quantitative estimate of drug-likeness (QED) is 0.336. The molecule has 11 heteroatoms. The van der Waals surface area contributed by atoms with Gasteiger partial charge in [-0.2, -0.15) is 0 Å². The summed E-state index contributed by atoms with van der Waals surface area (Å²) in [4.78, 5) is 7.99. The Kier molecular flexibility index (Phi) is 3.48. The Hall–Kier alpha value is 0.836. The van der Waals surface area contributed by atoms with Crippen molar-refractivity contribution in [3.63, 3.8) is 0 Å². The van der Waals surface area contributed by atoms with E-state index in [0.29, 0.717) is 0 Å². The van der Waals surface area contributed by atoms with E-state index in [2.05, 4.69) is 0 Å². The van der Waals surface area contributed by atoms with Crippen molar-refractivity contribution >= 4 is 61.8 Å². The van der Waals surface area contributed by atoms with Crippen molar-refractivity contribution in [1.82, 2.24) is 4.83 Å². The molecule has 4 nitrogen and oxygen atoms in total. The number of rotatable bonds is 2. The minimum atomic E-state index is -10.1. The van der Waals surface area contributed by atoms with Gasteiger partial charge in [0.2, 0.25) is 0 Å². The van der Waals surface area contributed by atoms with Gasteiger partial charge < -0.3 is 0 Å². The SMILES string of the molecule is O=[N+]([O-])NS(F)(F)(F)(F)F.[KH]. The van der Waals surface area contributed by atoms with Gasteiger partial charge >= 0.3 is 61.8 Å². The molecule has 0 rings (SSSR count). The summed E-state index contributed by atoms with van der Waals surface area (Å²) in [5.41, 5.74) is 0. The molecule has 0 amide bonds. The van der Waals surface area contributed by atoms with Gasteiger partial charge in [0, 0.05) is 4.83 Å². The fraction of sp³-hybridized carbons (Fsp3) is 0. The maximum absolute atomic E-state index is 10.9. The molecule has 0 aliphatic rings. The van der Waals surface area contributed by atoms with Crippen molar-refractivity contribution < 1.29 is 24.5 Å². The van der Waals surface area contributed by atoms with Gasteiger partial charge in [-0.3, -0.25) is 0 Å². The van der Waals surface area contributed by atoms with E-state index in [1.54, 1.807) is 0 Å². The summed E-state index contributed by atoms with van der Waals surface area (Å²) < 4.78 is 54.6. The second-order valence-corrected chi connectivity index (χ2v) is 3.44.